The number of halogens is 1. The minimum atomic E-state index is -0.0906. The van der Waals surface area contributed by atoms with Crippen LogP contribution in [0, 0.1) is 5.92 Å². The zero-order valence-corrected chi connectivity index (χ0v) is 17.4. The second-order valence-corrected chi connectivity index (χ2v) is 5.87. The van der Waals surface area contributed by atoms with E-state index in [2.05, 4.69) is 26.3 Å². The minimum absolute atomic E-state index is 0. The molecular formula is C18H28IN5O2. The molecule has 0 atom stereocenters. The zero-order chi connectivity index (χ0) is 17.9. The van der Waals surface area contributed by atoms with Gasteiger partial charge in [-0.3, -0.25) is 14.6 Å². The van der Waals surface area contributed by atoms with Crippen molar-refractivity contribution in [1.29, 1.82) is 0 Å². The molecule has 0 unspecified atom stereocenters. The van der Waals surface area contributed by atoms with Gasteiger partial charge in [-0.25, -0.2) is 0 Å². The van der Waals surface area contributed by atoms with Gasteiger partial charge in [0.1, 0.15) is 0 Å². The number of nitrogens with zero attached hydrogens (tertiary/aromatic N) is 1. The molecule has 4 N–H and O–H groups in total. The Labute approximate surface area is 171 Å². The quantitative estimate of drug-likeness (QED) is 0.187. The Bertz CT molecular complexity index is 591. The number of amides is 2. The molecule has 26 heavy (non-hydrogen) atoms. The molecule has 0 bridgehead atoms. The van der Waals surface area contributed by atoms with Gasteiger partial charge in [0.25, 0.3) is 5.91 Å². The maximum Gasteiger partial charge on any atom is 0.251 e. The Kier molecular flexibility index (Phi) is 10.7. The fraction of sp³-hybridized carbons (Fsp3) is 0.500. The molecule has 144 valence electrons. The van der Waals surface area contributed by atoms with Gasteiger partial charge in [0.2, 0.25) is 5.91 Å². The molecule has 8 heteroatoms. The van der Waals surface area contributed by atoms with Crippen LogP contribution < -0.4 is 21.3 Å². The molecule has 0 aliphatic heterocycles. The van der Waals surface area contributed by atoms with Crippen molar-refractivity contribution >= 4 is 41.8 Å². The highest BCUT2D eigenvalue weighted by Crippen LogP contribution is 2.28. The molecule has 7 nitrogen and oxygen atoms in total. The third-order valence-corrected chi connectivity index (χ3v) is 3.71. The van der Waals surface area contributed by atoms with Crippen molar-refractivity contribution in [3.63, 3.8) is 0 Å². The van der Waals surface area contributed by atoms with E-state index >= 15 is 0 Å². The van der Waals surface area contributed by atoms with Crippen LogP contribution in [0.25, 0.3) is 0 Å². The fourth-order valence-corrected chi connectivity index (χ4v) is 2.23. The maximum absolute atomic E-state index is 11.9. The van der Waals surface area contributed by atoms with Gasteiger partial charge < -0.3 is 21.3 Å². The average molecular weight is 473 g/mol. The van der Waals surface area contributed by atoms with Gasteiger partial charge in [0.05, 0.1) is 6.54 Å². The van der Waals surface area contributed by atoms with Crippen LogP contribution >= 0.6 is 24.0 Å². The number of guanidine groups is 1. The number of carbonyl (C=O) groups excluding carboxylic acids is 2. The minimum Gasteiger partial charge on any atom is -0.357 e. The summed E-state index contributed by atoms with van der Waals surface area (Å²) in [5.74, 6) is 0.949. The molecule has 2 rings (SSSR count). The third-order valence-electron chi connectivity index (χ3n) is 3.71. The van der Waals surface area contributed by atoms with E-state index in [9.17, 15) is 9.59 Å². The van der Waals surface area contributed by atoms with E-state index in [0.29, 0.717) is 37.7 Å². The largest absolute Gasteiger partial charge is 0.357 e. The van der Waals surface area contributed by atoms with Crippen molar-refractivity contribution in [3.8, 4) is 0 Å². The van der Waals surface area contributed by atoms with Crippen LogP contribution in [0.15, 0.2) is 35.3 Å². The van der Waals surface area contributed by atoms with Crippen LogP contribution in [0.2, 0.25) is 0 Å². The molecule has 1 aliphatic carbocycles. The van der Waals surface area contributed by atoms with Gasteiger partial charge in [-0.15, -0.1) is 24.0 Å². The van der Waals surface area contributed by atoms with Crippen molar-refractivity contribution < 1.29 is 9.59 Å². The monoisotopic (exact) mass is 473 g/mol. The number of carbonyl (C=O) groups is 2. The van der Waals surface area contributed by atoms with E-state index in [0.717, 1.165) is 19.4 Å². The van der Waals surface area contributed by atoms with E-state index in [1.165, 1.54) is 0 Å². The van der Waals surface area contributed by atoms with Gasteiger partial charge in [0, 0.05) is 37.7 Å². The van der Waals surface area contributed by atoms with E-state index in [1.54, 1.807) is 12.1 Å². The summed E-state index contributed by atoms with van der Waals surface area (Å²) in [5, 5.41) is 12.0. The number of hydrogen-bond acceptors (Lipinski definition) is 3. The second kappa shape index (κ2) is 12.5. The predicted octanol–water partition coefficient (Wildman–Crippen LogP) is 1.12. The lowest BCUT2D eigenvalue weighted by atomic mass is 10.2. The Hall–Kier alpha value is -1.84. The topological polar surface area (TPSA) is 94.6 Å². The summed E-state index contributed by atoms with van der Waals surface area (Å²) in [6, 6.07) is 9.12. The van der Waals surface area contributed by atoms with Gasteiger partial charge in [-0.1, -0.05) is 18.2 Å². The first-order valence-corrected chi connectivity index (χ1v) is 8.84. The van der Waals surface area contributed by atoms with Crippen molar-refractivity contribution in [2.75, 3.05) is 32.7 Å². The van der Waals surface area contributed by atoms with Gasteiger partial charge in [-0.2, -0.15) is 0 Å². The van der Waals surface area contributed by atoms with Crippen LogP contribution in [0.5, 0.6) is 0 Å². The molecule has 0 radical (unpaired) electrons. The van der Waals surface area contributed by atoms with Gasteiger partial charge in [-0.05, 0) is 31.9 Å². The Morgan fingerprint density at radius 1 is 1.00 bits per heavy atom. The normalized spacial score (nSPS) is 13.3. The van der Waals surface area contributed by atoms with Crippen molar-refractivity contribution in [2.24, 2.45) is 10.9 Å². The van der Waals surface area contributed by atoms with Crippen LogP contribution in [0.3, 0.4) is 0 Å². The summed E-state index contributed by atoms with van der Waals surface area (Å²) >= 11 is 0. The number of aliphatic imine (C=N–C) groups is 1. The number of nitrogens with one attached hydrogen (secondary N) is 4. The lowest BCUT2D eigenvalue weighted by molar-refractivity contribution is -0.122. The molecule has 1 aliphatic rings. The lowest BCUT2D eigenvalue weighted by Crippen LogP contribution is -2.42. The molecule has 0 spiro atoms. The highest BCUT2D eigenvalue weighted by atomic mass is 127. The first-order valence-electron chi connectivity index (χ1n) is 8.84. The highest BCUT2D eigenvalue weighted by Gasteiger charge is 2.28. The maximum atomic E-state index is 11.9. The number of rotatable bonds is 9. The molecule has 0 saturated heterocycles. The van der Waals surface area contributed by atoms with Crippen molar-refractivity contribution in [2.45, 2.75) is 19.8 Å². The van der Waals surface area contributed by atoms with Gasteiger partial charge in [0.15, 0.2) is 5.96 Å². The summed E-state index contributed by atoms with van der Waals surface area (Å²) in [5.41, 5.74) is 0.648. The van der Waals surface area contributed by atoms with Crippen LogP contribution in [0.1, 0.15) is 30.1 Å². The summed E-state index contributed by atoms with van der Waals surface area (Å²) in [6.45, 7) is 4.86. The van der Waals surface area contributed by atoms with Crippen molar-refractivity contribution in [1.82, 2.24) is 21.3 Å². The molecule has 1 aromatic carbocycles. The molecule has 1 saturated carbocycles. The second-order valence-electron chi connectivity index (χ2n) is 5.87. The summed E-state index contributed by atoms with van der Waals surface area (Å²) in [4.78, 5) is 27.9. The molecule has 0 heterocycles. The van der Waals surface area contributed by atoms with E-state index < -0.39 is 0 Å². The highest BCUT2D eigenvalue weighted by molar-refractivity contribution is 14.0. The standard InChI is InChI=1S/C18H27N5O2.HI/c1-2-19-18(23-13-11-21-17(25)15-8-9-15)22-12-10-20-16(24)14-6-4-3-5-7-14;/h3-7,15H,2,8-13H2,1H3,(H,20,24)(H,21,25)(H2,19,22,23);1H. The molecule has 1 aromatic rings. The molecule has 1 fully saturated rings. The smallest absolute Gasteiger partial charge is 0.251 e. The molecular weight excluding hydrogens is 445 g/mol. The van der Waals surface area contributed by atoms with Gasteiger partial charge >= 0.3 is 0 Å². The van der Waals surface area contributed by atoms with E-state index in [1.807, 2.05) is 25.1 Å². The van der Waals surface area contributed by atoms with Crippen LogP contribution in [0.4, 0.5) is 0 Å². The van der Waals surface area contributed by atoms with E-state index in [4.69, 9.17) is 0 Å². The Morgan fingerprint density at radius 2 is 1.69 bits per heavy atom. The lowest BCUT2D eigenvalue weighted by Gasteiger charge is -2.12. The first kappa shape index (κ1) is 22.2. The molecule has 2 amide bonds. The summed E-state index contributed by atoms with van der Waals surface area (Å²) in [7, 11) is 0. The van der Waals surface area contributed by atoms with Crippen molar-refractivity contribution in [3.05, 3.63) is 35.9 Å². The third kappa shape index (κ3) is 8.50. The summed E-state index contributed by atoms with van der Waals surface area (Å²) in [6.07, 6.45) is 2.02. The first-order chi connectivity index (χ1) is 12.2. The number of benzene rings is 1. The fourth-order valence-electron chi connectivity index (χ4n) is 2.23. The zero-order valence-electron chi connectivity index (χ0n) is 15.1. The predicted molar refractivity (Wildman–Crippen MR) is 114 cm³/mol. The van der Waals surface area contributed by atoms with Crippen LogP contribution in [-0.4, -0.2) is 50.5 Å². The number of hydrogen-bond donors (Lipinski definition) is 4. The SMILES string of the molecule is CCNC(=NCCNC(=O)C1CC1)NCCNC(=O)c1ccccc1.I. The average Bonchev–Trinajstić information content (AvgIpc) is 3.47. The summed E-state index contributed by atoms with van der Waals surface area (Å²) < 4.78 is 0. The molecule has 0 aromatic heterocycles. The Morgan fingerprint density at radius 3 is 2.35 bits per heavy atom. The van der Waals surface area contributed by atoms with Crippen LogP contribution in [-0.2, 0) is 4.79 Å². The Balaban J connectivity index is 0.00000338. The van der Waals surface area contributed by atoms with E-state index in [-0.39, 0.29) is 41.7 Å².